The number of hydrogen-bond acceptors (Lipinski definition) is 8. The van der Waals surface area contributed by atoms with Crippen molar-refractivity contribution in [3.63, 3.8) is 0 Å². The third-order valence-electron chi connectivity index (χ3n) is 10.2. The third kappa shape index (κ3) is 6.32. The molecule has 12 heteroatoms. The van der Waals surface area contributed by atoms with Crippen LogP contribution in [0.4, 0.5) is 5.69 Å². The highest BCUT2D eigenvalue weighted by Gasteiger charge is 2.26. The van der Waals surface area contributed by atoms with Crippen LogP contribution in [-0.2, 0) is 0 Å². The lowest BCUT2D eigenvalue weighted by molar-refractivity contribution is 0.0948. The monoisotopic (exact) mass is 720 g/mol. The van der Waals surface area contributed by atoms with Crippen molar-refractivity contribution in [2.75, 3.05) is 52.2 Å². The summed E-state index contributed by atoms with van der Waals surface area (Å²) < 4.78 is 4.06. The quantitative estimate of drug-likeness (QED) is 0.208. The summed E-state index contributed by atoms with van der Waals surface area (Å²) in [6, 6.07) is 23.7. The molecule has 9 rings (SSSR count). The van der Waals surface area contributed by atoms with Gasteiger partial charge in [0.25, 0.3) is 11.8 Å². The second-order valence-corrected chi connectivity index (χ2v) is 14.6. The van der Waals surface area contributed by atoms with Crippen LogP contribution in [0.15, 0.2) is 91.4 Å². The number of aromatic nitrogens is 6. The van der Waals surface area contributed by atoms with E-state index in [1.165, 1.54) is 6.42 Å². The number of nitrogens with zero attached hydrogens (tertiary/aromatic N) is 8. The van der Waals surface area contributed by atoms with Crippen molar-refractivity contribution >= 4 is 72.8 Å². The highest BCUT2D eigenvalue weighted by Crippen LogP contribution is 2.34. The Hall–Kier alpha value is -6.14. The Morgan fingerprint density at radius 2 is 1.43 bits per heavy atom. The van der Waals surface area contributed by atoms with E-state index in [-0.39, 0.29) is 11.8 Å². The van der Waals surface area contributed by atoms with Crippen LogP contribution < -0.4 is 15.5 Å². The number of hydrogen-bond donors (Lipinski definition) is 2. The molecule has 8 aromatic rings. The molecule has 0 spiro atoms. The average Bonchev–Trinajstić information content (AvgIpc) is 3.76. The SMILES string of the molecule is CN(C)CCNC(=O)c1cc2cnccc2n2c1nc1ccccc12.CNC(=O)c1cc2c(N3C[C@H](C)C[C@H](C)C3)ccnc2n2c1nc1ccccc12. The number of pyridine rings is 4. The van der Waals surface area contributed by atoms with Crippen molar-refractivity contribution in [1.29, 1.82) is 0 Å². The molecule has 2 N–H and O–H groups in total. The van der Waals surface area contributed by atoms with E-state index in [9.17, 15) is 9.59 Å². The maximum atomic E-state index is 12.8. The van der Waals surface area contributed by atoms with Crippen LogP contribution in [0.25, 0.3) is 55.3 Å². The van der Waals surface area contributed by atoms with Gasteiger partial charge in [-0.2, -0.15) is 0 Å². The summed E-state index contributed by atoms with van der Waals surface area (Å²) in [5.74, 6) is 1.02. The van der Waals surface area contributed by atoms with Crippen LogP contribution in [0.2, 0.25) is 0 Å². The Kier molecular flexibility index (Phi) is 9.28. The number of fused-ring (bicyclic) bond motifs is 10. The van der Waals surface area contributed by atoms with Gasteiger partial charge < -0.3 is 20.4 Å². The van der Waals surface area contributed by atoms with Crippen molar-refractivity contribution in [3.05, 3.63) is 103 Å². The maximum absolute atomic E-state index is 12.8. The second-order valence-electron chi connectivity index (χ2n) is 14.6. The first kappa shape index (κ1) is 34.9. The van der Waals surface area contributed by atoms with Gasteiger partial charge in [-0.05, 0) is 80.9 Å². The fourth-order valence-corrected chi connectivity index (χ4v) is 7.88. The zero-order valence-electron chi connectivity index (χ0n) is 31.2. The van der Waals surface area contributed by atoms with Gasteiger partial charge in [0.1, 0.15) is 5.65 Å². The molecule has 1 aliphatic rings. The van der Waals surface area contributed by atoms with Gasteiger partial charge in [0.05, 0.1) is 38.7 Å². The Labute approximate surface area is 312 Å². The number of carbonyl (C=O) groups is 2. The summed E-state index contributed by atoms with van der Waals surface area (Å²) in [5, 5.41) is 7.65. The molecule has 6 aromatic heterocycles. The molecular weight excluding hydrogens is 677 g/mol. The molecule has 2 aromatic carbocycles. The van der Waals surface area contributed by atoms with Gasteiger partial charge in [0.2, 0.25) is 0 Å². The number of likely N-dealkylation sites (N-methyl/N-ethyl adjacent to an activating group) is 1. The first-order chi connectivity index (χ1) is 26.2. The van der Waals surface area contributed by atoms with E-state index in [0.29, 0.717) is 40.8 Å². The highest BCUT2D eigenvalue weighted by molar-refractivity contribution is 6.08. The molecule has 1 saturated heterocycles. The minimum atomic E-state index is -0.137. The number of carbonyl (C=O) groups excluding carboxylic acids is 2. The second kappa shape index (κ2) is 14.4. The molecule has 54 heavy (non-hydrogen) atoms. The van der Waals surface area contributed by atoms with Crippen LogP contribution in [0.3, 0.4) is 0 Å². The van der Waals surface area contributed by atoms with Crippen LogP contribution in [0, 0.1) is 11.8 Å². The van der Waals surface area contributed by atoms with Crippen molar-refractivity contribution < 1.29 is 9.59 Å². The Morgan fingerprint density at radius 1 is 0.778 bits per heavy atom. The first-order valence-electron chi connectivity index (χ1n) is 18.4. The van der Waals surface area contributed by atoms with Crippen molar-refractivity contribution in [3.8, 4) is 0 Å². The molecule has 1 aliphatic heterocycles. The first-order valence-corrected chi connectivity index (χ1v) is 18.4. The lowest BCUT2D eigenvalue weighted by atomic mass is 9.91. The topological polar surface area (TPSA) is 125 Å². The summed E-state index contributed by atoms with van der Waals surface area (Å²) in [4.78, 5) is 48.3. The van der Waals surface area contributed by atoms with E-state index in [4.69, 9.17) is 15.0 Å². The highest BCUT2D eigenvalue weighted by atomic mass is 16.2. The molecule has 2 amide bonds. The predicted octanol–water partition coefficient (Wildman–Crippen LogP) is 6.20. The number of amides is 2. The van der Waals surface area contributed by atoms with Gasteiger partial charge in [-0.25, -0.2) is 15.0 Å². The van der Waals surface area contributed by atoms with E-state index >= 15 is 0 Å². The summed E-state index contributed by atoms with van der Waals surface area (Å²) in [7, 11) is 5.62. The average molecular weight is 721 g/mol. The molecule has 0 unspecified atom stereocenters. The fraction of sp³-hybridized carbons (Fsp3) is 0.286. The Morgan fingerprint density at radius 3 is 2.11 bits per heavy atom. The lowest BCUT2D eigenvalue weighted by Crippen LogP contribution is -2.38. The van der Waals surface area contributed by atoms with Crippen LogP contribution >= 0.6 is 0 Å². The van der Waals surface area contributed by atoms with Gasteiger partial charge in [0, 0.05) is 68.3 Å². The number of imidazole rings is 2. The van der Waals surface area contributed by atoms with E-state index in [1.54, 1.807) is 19.4 Å². The maximum Gasteiger partial charge on any atom is 0.255 e. The molecule has 12 nitrogen and oxygen atoms in total. The normalized spacial score (nSPS) is 16.1. The van der Waals surface area contributed by atoms with E-state index in [2.05, 4.69) is 40.4 Å². The minimum absolute atomic E-state index is 0.118. The zero-order chi connectivity index (χ0) is 37.5. The largest absolute Gasteiger partial charge is 0.370 e. The summed E-state index contributed by atoms with van der Waals surface area (Å²) >= 11 is 0. The summed E-state index contributed by atoms with van der Waals surface area (Å²) in [6.45, 7) is 8.02. The van der Waals surface area contributed by atoms with Crippen LogP contribution in [-0.4, -0.2) is 92.8 Å². The van der Waals surface area contributed by atoms with Gasteiger partial charge in [0.15, 0.2) is 11.3 Å². The lowest BCUT2D eigenvalue weighted by Gasteiger charge is -2.37. The summed E-state index contributed by atoms with van der Waals surface area (Å²) in [6.07, 6.45) is 6.66. The number of nitrogens with one attached hydrogen (secondary N) is 2. The molecule has 1 fully saturated rings. The molecule has 7 heterocycles. The van der Waals surface area contributed by atoms with Gasteiger partial charge in [-0.3, -0.25) is 23.4 Å². The molecule has 0 radical (unpaired) electrons. The number of piperidine rings is 1. The molecule has 274 valence electrons. The fourth-order valence-electron chi connectivity index (χ4n) is 7.88. The van der Waals surface area contributed by atoms with Gasteiger partial charge in [-0.15, -0.1) is 0 Å². The van der Waals surface area contributed by atoms with E-state index in [1.807, 2.05) is 101 Å². The van der Waals surface area contributed by atoms with Crippen molar-refractivity contribution in [2.45, 2.75) is 20.3 Å². The van der Waals surface area contributed by atoms with E-state index < -0.39 is 0 Å². The smallest absolute Gasteiger partial charge is 0.255 e. The number of anilines is 1. The number of rotatable bonds is 6. The Bertz CT molecular complexity index is 2690. The number of benzene rings is 2. The molecule has 2 atom stereocenters. The van der Waals surface area contributed by atoms with Gasteiger partial charge >= 0.3 is 0 Å². The molecule has 0 saturated carbocycles. The van der Waals surface area contributed by atoms with Crippen molar-refractivity contribution in [1.82, 2.24) is 44.3 Å². The van der Waals surface area contributed by atoms with Gasteiger partial charge in [-0.1, -0.05) is 38.1 Å². The zero-order valence-corrected chi connectivity index (χ0v) is 31.2. The molecule has 0 bridgehead atoms. The van der Waals surface area contributed by atoms with Crippen LogP contribution in [0.1, 0.15) is 41.0 Å². The van der Waals surface area contributed by atoms with Crippen molar-refractivity contribution in [2.24, 2.45) is 11.8 Å². The van der Waals surface area contributed by atoms with E-state index in [0.717, 1.165) is 69.3 Å². The third-order valence-corrected chi connectivity index (χ3v) is 10.2. The number of para-hydroxylation sites is 4. The summed E-state index contributed by atoms with van der Waals surface area (Å²) in [5.41, 5.74) is 9.09. The predicted molar refractivity (Wildman–Crippen MR) is 215 cm³/mol. The molecule has 0 aliphatic carbocycles. The Balaban J connectivity index is 0.000000155. The minimum Gasteiger partial charge on any atom is -0.370 e. The standard InChI is InChI=1S/C23H25N5O.C19H19N5O/c1-14-10-15(2)13-27(12-14)19-8-9-25-21-16(19)11-17(23(29)24-3)22-26-18-6-4-5-7-20(18)28(21)22;1-23(2)10-9-21-19(25)14-11-13-12-20-8-7-16(13)24-17-6-4-3-5-15(17)22-18(14)24/h4-9,11,14-15H,10,12-13H2,1-3H3,(H,24,29);3-8,11-12H,9-10H2,1-2H3,(H,21,25)/t14-,15+;. The van der Waals surface area contributed by atoms with Crippen LogP contribution in [0.5, 0.6) is 0 Å². The molecular formula is C42H44N10O2.